The summed E-state index contributed by atoms with van der Waals surface area (Å²) in [6.07, 6.45) is 3.25. The molecular weight excluding hydrogens is 316 g/mol. The Bertz CT molecular complexity index is 921. The summed E-state index contributed by atoms with van der Waals surface area (Å²) >= 11 is 0. The number of fused-ring (bicyclic) bond motifs is 1. The predicted molar refractivity (Wildman–Crippen MR) is 93.4 cm³/mol. The monoisotopic (exact) mass is 336 g/mol. The van der Waals surface area contributed by atoms with Gasteiger partial charge >= 0.3 is 0 Å². The highest BCUT2D eigenvalue weighted by atomic mass is 16.5. The van der Waals surface area contributed by atoms with Crippen LogP contribution in [0.25, 0.3) is 10.9 Å². The van der Waals surface area contributed by atoms with Crippen LogP contribution in [0.3, 0.4) is 0 Å². The maximum absolute atomic E-state index is 13.1. The number of hydrogen-bond acceptors (Lipinski definition) is 5. The van der Waals surface area contributed by atoms with Gasteiger partial charge in [0.1, 0.15) is 0 Å². The SMILES string of the molecule is Cc1nc2c(C)cccc2cc1C(=O)N1CCC[C@@H](c2ncon2)C1. The van der Waals surface area contributed by atoms with Gasteiger partial charge in [-0.25, -0.2) is 0 Å². The number of rotatable bonds is 2. The zero-order valence-electron chi connectivity index (χ0n) is 14.4. The van der Waals surface area contributed by atoms with Crippen molar-refractivity contribution in [3.8, 4) is 0 Å². The van der Waals surface area contributed by atoms with Crippen LogP contribution in [0.2, 0.25) is 0 Å². The standard InChI is InChI=1S/C19H20N4O2/c1-12-5-3-6-14-9-16(13(2)21-17(12)14)19(24)23-8-4-7-15(10-23)18-20-11-25-22-18/h3,5-6,9,11,15H,4,7-8,10H2,1-2H3/t15-/m1/s1. The molecule has 128 valence electrons. The molecule has 0 saturated carbocycles. The third-order valence-corrected chi connectivity index (χ3v) is 4.92. The highest BCUT2D eigenvalue weighted by Gasteiger charge is 2.28. The van der Waals surface area contributed by atoms with Crippen LogP contribution in [-0.4, -0.2) is 39.0 Å². The molecular formula is C19H20N4O2. The number of pyridine rings is 1. The summed E-state index contributed by atoms with van der Waals surface area (Å²) < 4.78 is 4.85. The second-order valence-electron chi connectivity index (χ2n) is 6.65. The van der Waals surface area contributed by atoms with E-state index >= 15 is 0 Å². The van der Waals surface area contributed by atoms with Crippen LogP contribution in [0.15, 0.2) is 35.2 Å². The molecule has 1 fully saturated rings. The molecule has 0 spiro atoms. The summed E-state index contributed by atoms with van der Waals surface area (Å²) in [4.78, 5) is 23.8. The Morgan fingerprint density at radius 3 is 3.00 bits per heavy atom. The van der Waals surface area contributed by atoms with E-state index in [1.54, 1.807) is 0 Å². The molecule has 25 heavy (non-hydrogen) atoms. The van der Waals surface area contributed by atoms with Crippen molar-refractivity contribution >= 4 is 16.8 Å². The Morgan fingerprint density at radius 1 is 1.32 bits per heavy atom. The van der Waals surface area contributed by atoms with Crippen molar-refractivity contribution in [1.82, 2.24) is 20.0 Å². The van der Waals surface area contributed by atoms with Gasteiger partial charge in [0.15, 0.2) is 5.82 Å². The van der Waals surface area contributed by atoms with Crippen molar-refractivity contribution in [3.05, 3.63) is 53.3 Å². The molecule has 0 radical (unpaired) electrons. The van der Waals surface area contributed by atoms with Crippen molar-refractivity contribution in [2.45, 2.75) is 32.6 Å². The largest absolute Gasteiger partial charge is 0.343 e. The van der Waals surface area contributed by atoms with Gasteiger partial charge in [0, 0.05) is 24.4 Å². The first-order valence-corrected chi connectivity index (χ1v) is 8.56. The Hall–Kier alpha value is -2.76. The first-order chi connectivity index (χ1) is 12.1. The number of carbonyl (C=O) groups is 1. The van der Waals surface area contributed by atoms with E-state index in [1.807, 2.05) is 43.0 Å². The third kappa shape index (κ3) is 2.88. The predicted octanol–water partition coefficient (Wildman–Crippen LogP) is 3.25. The number of hydrogen-bond donors (Lipinski definition) is 0. The molecule has 0 N–H and O–H groups in total. The van der Waals surface area contributed by atoms with E-state index in [2.05, 4.69) is 15.1 Å². The molecule has 3 aromatic rings. The number of carbonyl (C=O) groups excluding carboxylic acids is 1. The number of aromatic nitrogens is 3. The van der Waals surface area contributed by atoms with Gasteiger partial charge in [-0.2, -0.15) is 4.98 Å². The maximum Gasteiger partial charge on any atom is 0.255 e. The Morgan fingerprint density at radius 2 is 2.20 bits per heavy atom. The van der Waals surface area contributed by atoms with Gasteiger partial charge in [-0.3, -0.25) is 9.78 Å². The molecule has 2 aromatic heterocycles. The van der Waals surface area contributed by atoms with Gasteiger partial charge in [-0.15, -0.1) is 0 Å². The first-order valence-electron chi connectivity index (χ1n) is 8.56. The van der Waals surface area contributed by atoms with Gasteiger partial charge in [-0.1, -0.05) is 23.4 Å². The average molecular weight is 336 g/mol. The lowest BCUT2D eigenvalue weighted by molar-refractivity contribution is 0.0702. The lowest BCUT2D eigenvalue weighted by Gasteiger charge is -2.31. The van der Waals surface area contributed by atoms with Gasteiger partial charge in [0.05, 0.1) is 16.8 Å². The van der Waals surface area contributed by atoms with Crippen LogP contribution in [0, 0.1) is 13.8 Å². The fourth-order valence-corrected chi connectivity index (χ4v) is 3.56. The van der Waals surface area contributed by atoms with E-state index in [0.29, 0.717) is 17.9 Å². The van der Waals surface area contributed by atoms with E-state index in [4.69, 9.17) is 4.52 Å². The Labute approximate surface area is 145 Å². The highest BCUT2D eigenvalue weighted by molar-refractivity contribution is 5.99. The van der Waals surface area contributed by atoms with E-state index in [0.717, 1.165) is 41.5 Å². The number of benzene rings is 1. The highest BCUT2D eigenvalue weighted by Crippen LogP contribution is 2.27. The summed E-state index contributed by atoms with van der Waals surface area (Å²) in [6.45, 7) is 5.30. The Balaban J connectivity index is 1.64. The zero-order chi connectivity index (χ0) is 17.4. The number of piperidine rings is 1. The quantitative estimate of drug-likeness (QED) is 0.718. The lowest BCUT2D eigenvalue weighted by Crippen LogP contribution is -2.39. The molecule has 1 amide bonds. The minimum absolute atomic E-state index is 0.0293. The van der Waals surface area contributed by atoms with E-state index < -0.39 is 0 Å². The van der Waals surface area contributed by atoms with Gasteiger partial charge in [0.25, 0.3) is 5.91 Å². The van der Waals surface area contributed by atoms with Crippen molar-refractivity contribution in [3.63, 3.8) is 0 Å². The van der Waals surface area contributed by atoms with Crippen molar-refractivity contribution in [2.75, 3.05) is 13.1 Å². The number of para-hydroxylation sites is 1. The van der Waals surface area contributed by atoms with Gasteiger partial charge in [-0.05, 0) is 38.3 Å². The molecule has 4 rings (SSSR count). The second-order valence-corrected chi connectivity index (χ2v) is 6.65. The lowest BCUT2D eigenvalue weighted by atomic mass is 9.96. The average Bonchev–Trinajstić information content (AvgIpc) is 3.16. The van der Waals surface area contributed by atoms with Crippen LogP contribution >= 0.6 is 0 Å². The van der Waals surface area contributed by atoms with Crippen LogP contribution in [0.5, 0.6) is 0 Å². The first kappa shape index (κ1) is 15.7. The summed E-state index contributed by atoms with van der Waals surface area (Å²) in [5.74, 6) is 0.843. The van der Waals surface area contributed by atoms with Gasteiger partial charge in [0.2, 0.25) is 6.39 Å². The van der Waals surface area contributed by atoms with E-state index in [9.17, 15) is 4.79 Å². The topological polar surface area (TPSA) is 72.1 Å². The number of amides is 1. The fourth-order valence-electron chi connectivity index (χ4n) is 3.56. The second kappa shape index (κ2) is 6.27. The fraction of sp³-hybridized carbons (Fsp3) is 0.368. The summed E-state index contributed by atoms with van der Waals surface area (Å²) in [6, 6.07) is 8.00. The van der Waals surface area contributed by atoms with E-state index in [1.165, 1.54) is 6.39 Å². The maximum atomic E-state index is 13.1. The third-order valence-electron chi connectivity index (χ3n) is 4.92. The van der Waals surface area contributed by atoms with Crippen LogP contribution < -0.4 is 0 Å². The van der Waals surface area contributed by atoms with Gasteiger partial charge < -0.3 is 9.42 Å². The molecule has 0 bridgehead atoms. The van der Waals surface area contributed by atoms with E-state index in [-0.39, 0.29) is 11.8 Å². The summed E-state index contributed by atoms with van der Waals surface area (Å²) in [5, 5.41) is 4.94. The molecule has 6 nitrogen and oxygen atoms in total. The number of likely N-dealkylation sites (tertiary alicyclic amines) is 1. The van der Waals surface area contributed by atoms with Crippen molar-refractivity contribution in [2.24, 2.45) is 0 Å². The minimum Gasteiger partial charge on any atom is -0.343 e. The molecule has 1 aromatic carbocycles. The molecule has 0 unspecified atom stereocenters. The number of aryl methyl sites for hydroxylation is 2. The van der Waals surface area contributed by atoms with Crippen molar-refractivity contribution in [1.29, 1.82) is 0 Å². The zero-order valence-corrected chi connectivity index (χ0v) is 14.4. The minimum atomic E-state index is 0.0293. The molecule has 3 heterocycles. The molecule has 0 aliphatic carbocycles. The van der Waals surface area contributed by atoms with Crippen molar-refractivity contribution < 1.29 is 9.32 Å². The molecule has 1 aliphatic heterocycles. The van der Waals surface area contributed by atoms with Crippen LogP contribution in [0.4, 0.5) is 0 Å². The normalized spacial score (nSPS) is 17.8. The molecule has 1 atom stereocenters. The Kier molecular flexibility index (Phi) is 3.95. The molecule has 6 heteroatoms. The summed E-state index contributed by atoms with van der Waals surface area (Å²) in [5.41, 5.74) is 3.52. The van der Waals surface area contributed by atoms with Crippen LogP contribution in [0.1, 0.15) is 46.2 Å². The smallest absolute Gasteiger partial charge is 0.255 e. The summed E-state index contributed by atoms with van der Waals surface area (Å²) in [7, 11) is 0. The number of nitrogens with zero attached hydrogens (tertiary/aromatic N) is 4. The molecule has 1 saturated heterocycles. The molecule has 1 aliphatic rings. The van der Waals surface area contributed by atoms with Crippen LogP contribution in [-0.2, 0) is 0 Å².